The molecule has 0 saturated carbocycles. The molecule has 2 N–H and O–H groups in total. The number of aromatic nitrogens is 2. The number of nitriles is 2. The second kappa shape index (κ2) is 6.93. The minimum Gasteiger partial charge on any atom is -0.383 e. The molecule has 0 fully saturated rings. The van der Waals surface area contributed by atoms with Gasteiger partial charge in [0.2, 0.25) is 0 Å². The van der Waals surface area contributed by atoms with Gasteiger partial charge in [-0.25, -0.2) is 4.98 Å². The lowest BCUT2D eigenvalue weighted by atomic mass is 9.94. The van der Waals surface area contributed by atoms with Crippen LogP contribution >= 0.6 is 11.8 Å². The Hall–Kier alpha value is -2.57. The molecule has 0 aliphatic carbocycles. The maximum Gasteiger partial charge on any atom is 0.143 e. The van der Waals surface area contributed by atoms with Gasteiger partial charge in [-0.1, -0.05) is 19.9 Å². The number of nitrogens with zero attached hydrogens (tertiary/aromatic N) is 4. The van der Waals surface area contributed by atoms with E-state index in [1.807, 2.05) is 26.0 Å². The second-order valence-corrected chi connectivity index (χ2v) is 5.96. The van der Waals surface area contributed by atoms with Gasteiger partial charge in [-0.05, 0) is 23.1 Å². The molecule has 0 aliphatic heterocycles. The average molecular weight is 309 g/mol. The van der Waals surface area contributed by atoms with Crippen LogP contribution in [0.15, 0.2) is 29.6 Å². The first kappa shape index (κ1) is 15.8. The molecule has 110 valence electrons. The Bertz CT molecular complexity index is 757. The minimum absolute atomic E-state index is 0.0207. The topological polar surface area (TPSA) is 99.4 Å². The molecule has 0 atom stereocenters. The molecule has 2 rings (SSSR count). The van der Waals surface area contributed by atoms with E-state index in [0.717, 1.165) is 5.56 Å². The van der Waals surface area contributed by atoms with E-state index in [9.17, 15) is 10.5 Å². The predicted molar refractivity (Wildman–Crippen MR) is 86.0 cm³/mol. The van der Waals surface area contributed by atoms with Crippen LogP contribution in [0.25, 0.3) is 0 Å². The number of nitrogen functional groups attached to an aromatic ring is 1. The van der Waals surface area contributed by atoms with Crippen LogP contribution in [0.1, 0.15) is 42.0 Å². The van der Waals surface area contributed by atoms with Gasteiger partial charge in [0.05, 0.1) is 11.1 Å². The summed E-state index contributed by atoms with van der Waals surface area (Å²) in [4.78, 5) is 8.31. The summed E-state index contributed by atoms with van der Waals surface area (Å²) in [5, 5.41) is 19.3. The summed E-state index contributed by atoms with van der Waals surface area (Å²) in [5.41, 5.74) is 8.34. The Balaban J connectivity index is 2.44. The fourth-order valence-electron chi connectivity index (χ4n) is 2.14. The smallest absolute Gasteiger partial charge is 0.143 e. The zero-order chi connectivity index (χ0) is 16.1. The van der Waals surface area contributed by atoms with Crippen LogP contribution in [-0.2, 0) is 5.75 Å². The van der Waals surface area contributed by atoms with Crippen molar-refractivity contribution in [3.05, 3.63) is 46.8 Å². The van der Waals surface area contributed by atoms with Gasteiger partial charge in [-0.3, -0.25) is 4.98 Å². The van der Waals surface area contributed by atoms with Crippen LogP contribution < -0.4 is 5.73 Å². The molecule has 2 aromatic rings. The van der Waals surface area contributed by atoms with E-state index in [2.05, 4.69) is 22.1 Å². The van der Waals surface area contributed by atoms with E-state index >= 15 is 0 Å². The molecule has 0 amide bonds. The molecule has 22 heavy (non-hydrogen) atoms. The number of rotatable bonds is 4. The highest BCUT2D eigenvalue weighted by Gasteiger charge is 2.21. The van der Waals surface area contributed by atoms with Crippen LogP contribution in [-0.4, -0.2) is 9.97 Å². The molecule has 0 spiro atoms. The first-order valence-corrected chi connectivity index (χ1v) is 7.72. The maximum absolute atomic E-state index is 9.49. The van der Waals surface area contributed by atoms with Gasteiger partial charge in [0.1, 0.15) is 23.0 Å². The molecule has 0 unspecified atom stereocenters. The van der Waals surface area contributed by atoms with Crippen molar-refractivity contribution in [3.8, 4) is 12.1 Å². The summed E-state index contributed by atoms with van der Waals surface area (Å²) in [6.07, 6.45) is 3.49. The fraction of sp³-hybridized carbons (Fsp3) is 0.250. The van der Waals surface area contributed by atoms with E-state index in [0.29, 0.717) is 27.5 Å². The molecule has 2 aromatic heterocycles. The van der Waals surface area contributed by atoms with Gasteiger partial charge in [0, 0.05) is 18.1 Å². The Morgan fingerprint density at radius 3 is 2.55 bits per heavy atom. The standard InChI is InChI=1S/C16H15N5S/c1-10(2)14-12(6-17)15(19)21-16(13(14)7-18)22-9-11-4-3-5-20-8-11/h3-5,8,10H,9H2,1-2H3,(H2,19,21). The lowest BCUT2D eigenvalue weighted by Crippen LogP contribution is -2.07. The van der Waals surface area contributed by atoms with Crippen LogP contribution in [0.5, 0.6) is 0 Å². The van der Waals surface area contributed by atoms with Crippen molar-refractivity contribution >= 4 is 17.6 Å². The van der Waals surface area contributed by atoms with Gasteiger partial charge >= 0.3 is 0 Å². The lowest BCUT2D eigenvalue weighted by Gasteiger charge is -2.15. The Labute approximate surface area is 133 Å². The van der Waals surface area contributed by atoms with Gasteiger partial charge in [0.15, 0.2) is 0 Å². The van der Waals surface area contributed by atoms with Gasteiger partial charge in [-0.2, -0.15) is 10.5 Å². The third kappa shape index (κ3) is 3.19. The zero-order valence-electron chi connectivity index (χ0n) is 12.4. The highest BCUT2D eigenvalue weighted by molar-refractivity contribution is 7.98. The van der Waals surface area contributed by atoms with Crippen molar-refractivity contribution in [2.45, 2.75) is 30.5 Å². The number of pyridine rings is 2. The summed E-state index contributed by atoms with van der Waals surface area (Å²) >= 11 is 1.43. The van der Waals surface area contributed by atoms with Gasteiger partial charge in [0.25, 0.3) is 0 Å². The molecule has 0 radical (unpaired) electrons. The second-order valence-electron chi connectivity index (χ2n) is 4.99. The quantitative estimate of drug-likeness (QED) is 0.870. The zero-order valence-corrected chi connectivity index (χ0v) is 13.2. The van der Waals surface area contributed by atoms with Crippen molar-refractivity contribution in [1.29, 1.82) is 10.5 Å². The molecular formula is C16H15N5S. The first-order chi connectivity index (χ1) is 10.6. The molecule has 0 aromatic carbocycles. The van der Waals surface area contributed by atoms with E-state index < -0.39 is 0 Å². The third-order valence-corrected chi connectivity index (χ3v) is 4.18. The highest BCUT2D eigenvalue weighted by Crippen LogP contribution is 2.34. The fourth-order valence-corrected chi connectivity index (χ4v) is 3.08. The van der Waals surface area contributed by atoms with Crippen LogP contribution in [0.3, 0.4) is 0 Å². The summed E-state index contributed by atoms with van der Waals surface area (Å²) in [7, 11) is 0. The predicted octanol–water partition coefficient (Wildman–Crippen LogP) is 3.22. The molecule has 5 nitrogen and oxygen atoms in total. The van der Waals surface area contributed by atoms with Crippen molar-refractivity contribution in [1.82, 2.24) is 9.97 Å². The number of thioether (sulfide) groups is 1. The van der Waals surface area contributed by atoms with Crippen molar-refractivity contribution in [2.75, 3.05) is 5.73 Å². The summed E-state index contributed by atoms with van der Waals surface area (Å²) in [6.45, 7) is 3.87. The van der Waals surface area contributed by atoms with Crippen LogP contribution in [0.4, 0.5) is 5.82 Å². The molecule has 0 bridgehead atoms. The Morgan fingerprint density at radius 1 is 1.27 bits per heavy atom. The van der Waals surface area contributed by atoms with Crippen LogP contribution in [0, 0.1) is 22.7 Å². The van der Waals surface area contributed by atoms with Crippen molar-refractivity contribution in [2.24, 2.45) is 0 Å². The Morgan fingerprint density at radius 2 is 2.00 bits per heavy atom. The third-order valence-electron chi connectivity index (χ3n) is 3.13. The largest absolute Gasteiger partial charge is 0.383 e. The normalized spacial score (nSPS) is 10.2. The summed E-state index contributed by atoms with van der Waals surface area (Å²) in [6, 6.07) is 8.06. The van der Waals surface area contributed by atoms with E-state index in [-0.39, 0.29) is 11.7 Å². The number of nitrogens with two attached hydrogens (primary N) is 1. The molecule has 6 heteroatoms. The summed E-state index contributed by atoms with van der Waals surface area (Å²) < 4.78 is 0. The monoisotopic (exact) mass is 309 g/mol. The first-order valence-electron chi connectivity index (χ1n) is 6.73. The summed E-state index contributed by atoms with van der Waals surface area (Å²) in [5.74, 6) is 0.838. The van der Waals surface area contributed by atoms with E-state index in [4.69, 9.17) is 5.73 Å². The van der Waals surface area contributed by atoms with Crippen molar-refractivity contribution < 1.29 is 0 Å². The van der Waals surface area contributed by atoms with Crippen LogP contribution in [0.2, 0.25) is 0 Å². The Kier molecular flexibility index (Phi) is 4.98. The van der Waals surface area contributed by atoms with Crippen molar-refractivity contribution in [3.63, 3.8) is 0 Å². The molecule has 2 heterocycles. The number of hydrogen-bond acceptors (Lipinski definition) is 6. The highest BCUT2D eigenvalue weighted by atomic mass is 32.2. The lowest BCUT2D eigenvalue weighted by molar-refractivity contribution is 0.843. The number of anilines is 1. The molecule has 0 saturated heterocycles. The molecular weight excluding hydrogens is 294 g/mol. The van der Waals surface area contributed by atoms with E-state index in [1.165, 1.54) is 11.8 Å². The maximum atomic E-state index is 9.49. The minimum atomic E-state index is 0.0207. The van der Waals surface area contributed by atoms with Gasteiger partial charge < -0.3 is 5.73 Å². The number of hydrogen-bond donors (Lipinski definition) is 1. The average Bonchev–Trinajstić information content (AvgIpc) is 2.52. The molecule has 0 aliphatic rings. The SMILES string of the molecule is CC(C)c1c(C#N)c(N)nc(SCc2cccnc2)c1C#N. The van der Waals surface area contributed by atoms with E-state index in [1.54, 1.807) is 12.4 Å². The van der Waals surface area contributed by atoms with Gasteiger partial charge in [-0.15, -0.1) is 11.8 Å².